The summed E-state index contributed by atoms with van der Waals surface area (Å²) >= 11 is -4.33. The Morgan fingerprint density at radius 1 is 0.600 bits per heavy atom. The molecule has 0 atom stereocenters. The SMILES string of the molecule is [Cl-].[Cl-].[Cl][Sb]([Cl])([Cl])([Cl])[Cl].[Cr+3].[Cr+3]. The van der Waals surface area contributed by atoms with Crippen LogP contribution in [0, 0.1) is 0 Å². The van der Waals surface area contributed by atoms with E-state index in [0.29, 0.717) is 0 Å². The molecule has 0 aromatic heterocycles. The third-order valence-electron chi connectivity index (χ3n) is 0. The first kappa shape index (κ1) is 29.2. The maximum atomic E-state index is 5.05. The third kappa shape index (κ3) is 92.7. The number of halogens is 7. The molecule has 62 valence electrons. The molecule has 10 heavy (non-hydrogen) atoms. The van der Waals surface area contributed by atoms with E-state index in [0.717, 1.165) is 0 Å². The predicted octanol–water partition coefficient (Wildman–Crippen LogP) is -2.93. The first-order valence-corrected chi connectivity index (χ1v) is 17.0. The molecule has 0 unspecified atom stereocenters. The summed E-state index contributed by atoms with van der Waals surface area (Å²) in [5.41, 5.74) is 0. The van der Waals surface area contributed by atoms with E-state index < -0.39 is 11.7 Å². The van der Waals surface area contributed by atoms with Gasteiger partial charge in [0.2, 0.25) is 0 Å². The summed E-state index contributed by atoms with van der Waals surface area (Å²) < 4.78 is 0. The molecule has 0 amide bonds. The van der Waals surface area contributed by atoms with Crippen LogP contribution in [-0.4, -0.2) is 11.7 Å². The quantitative estimate of drug-likeness (QED) is 0.331. The smallest absolute Gasteiger partial charge is 3.00 e. The first-order valence-electron chi connectivity index (χ1n) is 0.845. The maximum Gasteiger partial charge on any atom is 3.00 e. The molecule has 0 fully saturated rings. The van der Waals surface area contributed by atoms with Crippen molar-refractivity contribution in [1.29, 1.82) is 0 Å². The Morgan fingerprint density at radius 2 is 0.600 bits per heavy atom. The second-order valence-corrected chi connectivity index (χ2v) is 38.6. The fourth-order valence-electron chi connectivity index (χ4n) is 0. The van der Waals surface area contributed by atoms with E-state index >= 15 is 0 Å². The zero-order valence-electron chi connectivity index (χ0n) is 3.91. The fourth-order valence-corrected chi connectivity index (χ4v) is 0. The Labute approximate surface area is 113 Å². The summed E-state index contributed by atoms with van der Waals surface area (Å²) in [4.78, 5) is 0. The topological polar surface area (TPSA) is 0 Å². The van der Waals surface area contributed by atoms with Gasteiger partial charge in [0.15, 0.2) is 0 Å². The summed E-state index contributed by atoms with van der Waals surface area (Å²) in [5.74, 6) is 0. The Kier molecular flexibility index (Phi) is 27.6. The van der Waals surface area contributed by atoms with Gasteiger partial charge < -0.3 is 24.8 Å². The van der Waals surface area contributed by atoms with Gasteiger partial charge in [0.1, 0.15) is 0 Å². The van der Waals surface area contributed by atoms with Gasteiger partial charge >= 0.3 is 90.6 Å². The number of rotatable bonds is 0. The second kappa shape index (κ2) is 9.47. The number of hydrogen-bond donors (Lipinski definition) is 0. The van der Waals surface area contributed by atoms with Crippen molar-refractivity contribution < 1.29 is 59.5 Å². The van der Waals surface area contributed by atoms with Crippen LogP contribution in [0.15, 0.2) is 0 Å². The van der Waals surface area contributed by atoms with Gasteiger partial charge in [-0.2, -0.15) is 0 Å². The summed E-state index contributed by atoms with van der Waals surface area (Å²) in [6, 6.07) is 0. The van der Waals surface area contributed by atoms with E-state index in [4.69, 9.17) is 44.1 Å². The minimum Gasteiger partial charge on any atom is 3.00 e. The van der Waals surface area contributed by atoms with Crippen LogP contribution in [0.3, 0.4) is 0 Å². The van der Waals surface area contributed by atoms with Crippen LogP contribution in [0.1, 0.15) is 0 Å². The van der Waals surface area contributed by atoms with E-state index in [9.17, 15) is 0 Å². The molecule has 0 aliphatic heterocycles. The van der Waals surface area contributed by atoms with Gasteiger partial charge in [-0.05, 0) is 0 Å². The third-order valence-corrected chi connectivity index (χ3v) is 0. The molecule has 0 saturated carbocycles. The molecule has 2 radical (unpaired) electrons. The second-order valence-electron chi connectivity index (χ2n) is 0.639. The van der Waals surface area contributed by atoms with Gasteiger partial charge in [-0.15, -0.1) is 0 Å². The van der Waals surface area contributed by atoms with Crippen LogP contribution < -0.4 is 24.8 Å². The Hall–Kier alpha value is 3.91. The summed E-state index contributed by atoms with van der Waals surface area (Å²) in [5, 5.41) is 0. The summed E-state index contributed by atoms with van der Waals surface area (Å²) in [6.45, 7) is 0. The molecule has 0 saturated heterocycles. The molecule has 0 bridgehead atoms. The summed E-state index contributed by atoms with van der Waals surface area (Å²) in [6.07, 6.45) is 0. The van der Waals surface area contributed by atoms with Crippen molar-refractivity contribution in [2.75, 3.05) is 0 Å². The molecule has 0 heterocycles. The predicted molar refractivity (Wildman–Crippen MR) is 35.0 cm³/mol. The van der Waals surface area contributed by atoms with Crippen LogP contribution in [-0.2, 0) is 34.7 Å². The van der Waals surface area contributed by atoms with Crippen LogP contribution in [0.4, 0.5) is 0 Å². The normalized spacial score (nSPS) is 11.5. The molecule has 0 spiro atoms. The molecule has 10 heteroatoms. The fraction of sp³-hybridized carbons (Fsp3) is 0. The van der Waals surface area contributed by atoms with Gasteiger partial charge in [-0.25, -0.2) is 0 Å². The Bertz CT molecular complexity index is 44.8. The standard InChI is InChI=1S/7ClH.2Cr.Sb/h7*1H;;;/q;;;;;;;2*+3;+5/p-7. The van der Waals surface area contributed by atoms with Crippen molar-refractivity contribution in [1.82, 2.24) is 0 Å². The summed E-state index contributed by atoms with van der Waals surface area (Å²) in [7, 11) is 25.2. The van der Waals surface area contributed by atoms with Gasteiger partial charge in [-0.3, -0.25) is 0 Å². The molecule has 0 N–H and O–H groups in total. The van der Waals surface area contributed by atoms with Crippen LogP contribution in [0.5, 0.6) is 0 Å². The molecule has 0 aromatic carbocycles. The zero-order valence-corrected chi connectivity index (χ0v) is 14.3. The molecule has 0 aliphatic carbocycles. The van der Waals surface area contributed by atoms with Crippen molar-refractivity contribution in [2.45, 2.75) is 0 Å². The van der Waals surface area contributed by atoms with E-state index in [1.54, 1.807) is 0 Å². The van der Waals surface area contributed by atoms with Crippen LogP contribution in [0.2, 0.25) is 0 Å². The monoisotopic (exact) mass is 470 g/mol. The number of hydrogen-bond acceptors (Lipinski definition) is 0. The van der Waals surface area contributed by atoms with E-state index in [-0.39, 0.29) is 59.5 Å². The molecular formula is Cl7Cr2Sb+4. The first-order chi connectivity index (χ1) is 2.24. The van der Waals surface area contributed by atoms with Crippen molar-refractivity contribution in [3.05, 3.63) is 0 Å². The average Bonchev–Trinajstić information content (AvgIpc) is 0.650. The minimum absolute atomic E-state index is 0. The largest absolute Gasteiger partial charge is 3.00 e. The van der Waals surface area contributed by atoms with Crippen LogP contribution in [0.25, 0.3) is 0 Å². The van der Waals surface area contributed by atoms with Gasteiger partial charge in [0, 0.05) is 0 Å². The Balaban J connectivity index is -0.0000000208. The van der Waals surface area contributed by atoms with Crippen molar-refractivity contribution in [3.63, 3.8) is 0 Å². The van der Waals surface area contributed by atoms with Crippen molar-refractivity contribution in [2.24, 2.45) is 0 Å². The van der Waals surface area contributed by atoms with Gasteiger partial charge in [-0.1, -0.05) is 0 Å². The Morgan fingerprint density at radius 3 is 0.600 bits per heavy atom. The van der Waals surface area contributed by atoms with Crippen molar-refractivity contribution >= 4 is 55.8 Å². The zero-order chi connectivity index (χ0) is 5.45. The van der Waals surface area contributed by atoms with Crippen molar-refractivity contribution in [3.8, 4) is 0 Å². The van der Waals surface area contributed by atoms with E-state index in [1.165, 1.54) is 0 Å². The minimum atomic E-state index is -4.33. The average molecular weight is 474 g/mol. The van der Waals surface area contributed by atoms with Crippen LogP contribution >= 0.6 is 44.1 Å². The van der Waals surface area contributed by atoms with E-state index in [2.05, 4.69) is 0 Å². The molecule has 0 aromatic rings. The maximum absolute atomic E-state index is 5.05. The molecule has 0 rings (SSSR count). The van der Waals surface area contributed by atoms with E-state index in [1.807, 2.05) is 0 Å². The van der Waals surface area contributed by atoms with Gasteiger partial charge in [0.05, 0.1) is 0 Å². The van der Waals surface area contributed by atoms with Gasteiger partial charge in [0.25, 0.3) is 0 Å². The molecular weight excluding hydrogens is 474 g/mol. The molecule has 0 nitrogen and oxygen atoms in total. The molecule has 0 aliphatic rings.